The lowest BCUT2D eigenvalue weighted by molar-refractivity contribution is 0.0518. The van der Waals surface area contributed by atoms with Crippen LogP contribution in [0.1, 0.15) is 26.6 Å². The molecule has 3 heterocycles. The first kappa shape index (κ1) is 18.2. The molecule has 0 N–H and O–H groups in total. The maximum absolute atomic E-state index is 13.3. The summed E-state index contributed by atoms with van der Waals surface area (Å²) in [7, 11) is 3.58. The van der Waals surface area contributed by atoms with Crippen LogP contribution in [0.5, 0.6) is 5.75 Å². The highest BCUT2D eigenvalue weighted by Gasteiger charge is 2.29. The van der Waals surface area contributed by atoms with Crippen LogP contribution in [0.3, 0.4) is 0 Å². The Kier molecular flexibility index (Phi) is 4.58. The number of hydrogen-bond donors (Lipinski definition) is 0. The first-order valence-corrected chi connectivity index (χ1v) is 9.26. The SMILES string of the molecule is COc1ccc2c(c1)c(C(=O)N1CCN(C(=O)c3ccco3)CC1)c(C)n2C. The number of aryl methyl sites for hydroxylation is 1. The fourth-order valence-electron chi connectivity index (χ4n) is 3.77. The van der Waals surface area contributed by atoms with E-state index < -0.39 is 0 Å². The zero-order valence-corrected chi connectivity index (χ0v) is 16.3. The Labute approximate surface area is 163 Å². The summed E-state index contributed by atoms with van der Waals surface area (Å²) in [6.07, 6.45) is 1.49. The molecule has 1 fully saturated rings. The number of aromatic nitrogens is 1. The molecule has 1 aliphatic heterocycles. The van der Waals surface area contributed by atoms with Gasteiger partial charge in [0.2, 0.25) is 0 Å². The van der Waals surface area contributed by atoms with Gasteiger partial charge in [-0.3, -0.25) is 9.59 Å². The highest BCUT2D eigenvalue weighted by atomic mass is 16.5. The van der Waals surface area contributed by atoms with E-state index in [0.29, 0.717) is 37.5 Å². The van der Waals surface area contributed by atoms with Crippen LogP contribution >= 0.6 is 0 Å². The molecule has 28 heavy (non-hydrogen) atoms. The number of methoxy groups -OCH3 is 1. The van der Waals surface area contributed by atoms with Gasteiger partial charge in [0.15, 0.2) is 5.76 Å². The molecule has 1 aliphatic rings. The molecule has 1 aromatic carbocycles. The number of amides is 2. The molecule has 7 nitrogen and oxygen atoms in total. The van der Waals surface area contributed by atoms with Crippen molar-refractivity contribution in [1.29, 1.82) is 0 Å². The van der Waals surface area contributed by atoms with Gasteiger partial charge in [-0.05, 0) is 37.3 Å². The predicted octanol–water partition coefficient (Wildman–Crippen LogP) is 2.69. The number of hydrogen-bond acceptors (Lipinski definition) is 4. The van der Waals surface area contributed by atoms with Gasteiger partial charge in [0, 0.05) is 49.8 Å². The number of carbonyl (C=O) groups excluding carboxylic acids is 2. The molecule has 2 aromatic heterocycles. The van der Waals surface area contributed by atoms with Gasteiger partial charge in [-0.15, -0.1) is 0 Å². The molecular weight excluding hydrogens is 358 g/mol. The van der Waals surface area contributed by atoms with E-state index in [-0.39, 0.29) is 11.8 Å². The maximum Gasteiger partial charge on any atom is 0.289 e. The molecule has 1 saturated heterocycles. The van der Waals surface area contributed by atoms with E-state index in [1.54, 1.807) is 24.1 Å². The largest absolute Gasteiger partial charge is 0.497 e. The van der Waals surface area contributed by atoms with Crippen molar-refractivity contribution in [3.63, 3.8) is 0 Å². The first-order chi connectivity index (χ1) is 13.5. The Morgan fingerprint density at radius 1 is 1.04 bits per heavy atom. The van der Waals surface area contributed by atoms with Crippen LogP contribution in [0.15, 0.2) is 41.0 Å². The van der Waals surface area contributed by atoms with Crippen molar-refractivity contribution in [1.82, 2.24) is 14.4 Å². The first-order valence-electron chi connectivity index (χ1n) is 9.26. The van der Waals surface area contributed by atoms with Crippen molar-refractivity contribution in [2.24, 2.45) is 7.05 Å². The van der Waals surface area contributed by atoms with Gasteiger partial charge in [0.25, 0.3) is 11.8 Å². The van der Waals surface area contributed by atoms with E-state index in [0.717, 1.165) is 22.3 Å². The second-order valence-corrected chi connectivity index (χ2v) is 6.96. The van der Waals surface area contributed by atoms with E-state index in [1.165, 1.54) is 6.26 Å². The quantitative estimate of drug-likeness (QED) is 0.700. The van der Waals surface area contributed by atoms with Crippen LogP contribution in [0.4, 0.5) is 0 Å². The molecule has 3 aromatic rings. The summed E-state index contributed by atoms with van der Waals surface area (Å²) in [5, 5.41) is 0.887. The van der Waals surface area contributed by atoms with E-state index in [2.05, 4.69) is 0 Å². The Balaban J connectivity index is 1.56. The van der Waals surface area contributed by atoms with E-state index in [4.69, 9.17) is 9.15 Å². The molecule has 146 valence electrons. The smallest absolute Gasteiger partial charge is 0.289 e. The zero-order valence-electron chi connectivity index (χ0n) is 16.3. The van der Waals surface area contributed by atoms with Crippen LogP contribution in [0, 0.1) is 6.92 Å². The Hall–Kier alpha value is -3.22. The Morgan fingerprint density at radius 3 is 2.32 bits per heavy atom. The topological polar surface area (TPSA) is 67.9 Å². The highest BCUT2D eigenvalue weighted by Crippen LogP contribution is 2.30. The second kappa shape index (κ2) is 7.07. The molecule has 0 aliphatic carbocycles. The lowest BCUT2D eigenvalue weighted by Gasteiger charge is -2.34. The van der Waals surface area contributed by atoms with Crippen LogP contribution in [-0.4, -0.2) is 59.5 Å². The van der Waals surface area contributed by atoms with E-state index >= 15 is 0 Å². The summed E-state index contributed by atoms with van der Waals surface area (Å²) in [5.74, 6) is 0.905. The fourth-order valence-corrected chi connectivity index (χ4v) is 3.77. The number of ether oxygens (including phenoxy) is 1. The normalized spacial score (nSPS) is 14.5. The molecule has 0 bridgehead atoms. The van der Waals surface area contributed by atoms with Gasteiger partial charge in [-0.25, -0.2) is 0 Å². The van der Waals surface area contributed by atoms with Crippen LogP contribution in [0.2, 0.25) is 0 Å². The molecule has 0 saturated carbocycles. The molecule has 7 heteroatoms. The van der Waals surface area contributed by atoms with Crippen molar-refractivity contribution in [3.8, 4) is 5.75 Å². The summed E-state index contributed by atoms with van der Waals surface area (Å²) < 4.78 is 12.6. The third-order valence-corrected chi connectivity index (χ3v) is 5.50. The third-order valence-electron chi connectivity index (χ3n) is 5.50. The molecule has 0 spiro atoms. The fraction of sp³-hybridized carbons (Fsp3) is 0.333. The number of benzene rings is 1. The standard InChI is InChI=1S/C21H23N3O4/c1-14-19(16-13-15(27-3)6-7-17(16)22(14)2)21(26)24-10-8-23(9-11-24)20(25)18-5-4-12-28-18/h4-7,12-13H,8-11H2,1-3H3. The number of nitrogens with zero attached hydrogens (tertiary/aromatic N) is 3. The monoisotopic (exact) mass is 381 g/mol. The third kappa shape index (κ3) is 2.93. The van der Waals surface area contributed by atoms with Gasteiger partial charge >= 0.3 is 0 Å². The average Bonchev–Trinajstić information content (AvgIpc) is 3.34. The lowest BCUT2D eigenvalue weighted by Crippen LogP contribution is -2.50. The average molecular weight is 381 g/mol. The Morgan fingerprint density at radius 2 is 1.71 bits per heavy atom. The van der Waals surface area contributed by atoms with Crippen molar-refractivity contribution >= 4 is 22.7 Å². The summed E-state index contributed by atoms with van der Waals surface area (Å²) in [6, 6.07) is 9.14. The van der Waals surface area contributed by atoms with Gasteiger partial charge in [-0.1, -0.05) is 0 Å². The number of carbonyl (C=O) groups is 2. The second-order valence-electron chi connectivity index (χ2n) is 6.96. The van der Waals surface area contributed by atoms with Gasteiger partial charge in [-0.2, -0.15) is 0 Å². The van der Waals surface area contributed by atoms with Gasteiger partial charge in [0.05, 0.1) is 18.9 Å². The van der Waals surface area contributed by atoms with Crippen molar-refractivity contribution in [2.75, 3.05) is 33.3 Å². The van der Waals surface area contributed by atoms with Crippen molar-refractivity contribution < 1.29 is 18.7 Å². The molecule has 0 unspecified atom stereocenters. The Bertz CT molecular complexity index is 1030. The molecule has 0 atom stereocenters. The van der Waals surface area contributed by atoms with E-state index in [1.807, 2.05) is 41.6 Å². The molecule has 2 amide bonds. The lowest BCUT2D eigenvalue weighted by atomic mass is 10.1. The number of furan rings is 1. The van der Waals surface area contributed by atoms with Crippen LogP contribution in [-0.2, 0) is 7.05 Å². The van der Waals surface area contributed by atoms with Crippen molar-refractivity contribution in [2.45, 2.75) is 6.92 Å². The number of rotatable bonds is 3. The minimum absolute atomic E-state index is 0.0125. The van der Waals surface area contributed by atoms with Gasteiger partial charge < -0.3 is 23.5 Å². The summed E-state index contributed by atoms with van der Waals surface area (Å²) in [6.45, 7) is 3.91. The highest BCUT2D eigenvalue weighted by molar-refractivity contribution is 6.08. The van der Waals surface area contributed by atoms with E-state index in [9.17, 15) is 9.59 Å². The summed E-state index contributed by atoms with van der Waals surface area (Å²) in [4.78, 5) is 29.3. The van der Waals surface area contributed by atoms with Crippen molar-refractivity contribution in [3.05, 3.63) is 53.6 Å². The van der Waals surface area contributed by atoms with Crippen LogP contribution in [0.25, 0.3) is 10.9 Å². The minimum atomic E-state index is -0.136. The van der Waals surface area contributed by atoms with Gasteiger partial charge in [0.1, 0.15) is 5.75 Å². The molecule has 0 radical (unpaired) electrons. The number of fused-ring (bicyclic) bond motifs is 1. The van der Waals surface area contributed by atoms with Crippen LogP contribution < -0.4 is 4.74 Å². The zero-order chi connectivity index (χ0) is 19.8. The maximum atomic E-state index is 13.3. The molecule has 4 rings (SSSR count). The number of piperazine rings is 1. The minimum Gasteiger partial charge on any atom is -0.497 e. The predicted molar refractivity (Wildman–Crippen MR) is 105 cm³/mol. The summed E-state index contributed by atoms with van der Waals surface area (Å²) >= 11 is 0. The summed E-state index contributed by atoms with van der Waals surface area (Å²) in [5.41, 5.74) is 2.61. The molecular formula is C21H23N3O4.